The van der Waals surface area contributed by atoms with Crippen LogP contribution in [-0.4, -0.2) is 22.1 Å². The van der Waals surface area contributed by atoms with Crippen LogP contribution in [0, 0.1) is 12.3 Å². The lowest BCUT2D eigenvalue weighted by molar-refractivity contribution is -0.140. The first-order valence-corrected chi connectivity index (χ1v) is 8.55. The number of fused-ring (bicyclic) bond motifs is 1. The SMILES string of the molecule is Cc1cc2cc[nH]c2cc1NC(=O)C12CC(C)(C1)OC21CCC1. The summed E-state index contributed by atoms with van der Waals surface area (Å²) in [6, 6.07) is 6.22. The summed E-state index contributed by atoms with van der Waals surface area (Å²) >= 11 is 0. The van der Waals surface area contributed by atoms with Crippen LogP contribution < -0.4 is 5.32 Å². The van der Waals surface area contributed by atoms with Crippen LogP contribution in [0.5, 0.6) is 0 Å². The second-order valence-corrected chi connectivity index (χ2v) is 8.02. The van der Waals surface area contributed by atoms with E-state index in [9.17, 15) is 4.79 Å². The number of benzene rings is 1. The van der Waals surface area contributed by atoms with Crippen molar-refractivity contribution in [3.63, 3.8) is 0 Å². The minimum atomic E-state index is -0.308. The predicted octanol–water partition coefficient (Wildman–Crippen LogP) is 3.91. The molecule has 2 aliphatic heterocycles. The van der Waals surface area contributed by atoms with E-state index in [0.717, 1.165) is 42.5 Å². The van der Waals surface area contributed by atoms with Gasteiger partial charge in [0.25, 0.3) is 0 Å². The molecule has 2 aromatic rings. The second kappa shape index (κ2) is 3.99. The van der Waals surface area contributed by atoms with Crippen molar-refractivity contribution in [3.05, 3.63) is 30.0 Å². The highest BCUT2D eigenvalue weighted by Crippen LogP contribution is 2.72. The molecular weight excluding hydrogens is 288 g/mol. The molecule has 2 saturated carbocycles. The minimum Gasteiger partial charge on any atom is -0.368 e. The summed E-state index contributed by atoms with van der Waals surface area (Å²) in [5.41, 5.74) is 2.51. The van der Waals surface area contributed by atoms with Gasteiger partial charge in [0.2, 0.25) is 5.91 Å². The van der Waals surface area contributed by atoms with Gasteiger partial charge in [-0.2, -0.15) is 0 Å². The Morgan fingerprint density at radius 1 is 1.30 bits per heavy atom. The number of aromatic nitrogens is 1. The van der Waals surface area contributed by atoms with Crippen LogP contribution in [0.2, 0.25) is 0 Å². The Balaban J connectivity index is 1.48. The molecule has 0 atom stereocenters. The largest absolute Gasteiger partial charge is 0.368 e. The van der Waals surface area contributed by atoms with Crippen LogP contribution in [0.4, 0.5) is 5.69 Å². The van der Waals surface area contributed by atoms with Gasteiger partial charge in [0, 0.05) is 17.4 Å². The molecule has 0 radical (unpaired) electrons. The molecule has 4 nitrogen and oxygen atoms in total. The maximum Gasteiger partial charge on any atom is 0.233 e. The third kappa shape index (κ3) is 1.57. The highest BCUT2D eigenvalue weighted by molar-refractivity contribution is 6.00. The van der Waals surface area contributed by atoms with E-state index in [4.69, 9.17) is 4.74 Å². The van der Waals surface area contributed by atoms with Crippen molar-refractivity contribution in [2.24, 2.45) is 5.41 Å². The number of aromatic amines is 1. The second-order valence-electron chi connectivity index (χ2n) is 8.02. The maximum atomic E-state index is 13.2. The van der Waals surface area contributed by atoms with Crippen molar-refractivity contribution < 1.29 is 9.53 Å². The molecule has 2 aliphatic carbocycles. The van der Waals surface area contributed by atoms with Gasteiger partial charge in [-0.15, -0.1) is 0 Å². The van der Waals surface area contributed by atoms with E-state index in [-0.39, 0.29) is 22.5 Å². The van der Waals surface area contributed by atoms with E-state index in [0.29, 0.717) is 0 Å². The van der Waals surface area contributed by atoms with Gasteiger partial charge >= 0.3 is 0 Å². The molecule has 3 heterocycles. The molecule has 4 aliphatic rings. The highest BCUT2D eigenvalue weighted by Gasteiger charge is 2.77. The van der Waals surface area contributed by atoms with Gasteiger partial charge in [-0.3, -0.25) is 4.79 Å². The Labute approximate surface area is 135 Å². The zero-order chi connectivity index (χ0) is 15.9. The number of aryl methyl sites for hydroxylation is 1. The summed E-state index contributed by atoms with van der Waals surface area (Å²) in [5, 5.41) is 4.39. The Bertz CT molecular complexity index is 825. The van der Waals surface area contributed by atoms with Crippen LogP contribution in [0.15, 0.2) is 24.4 Å². The lowest BCUT2D eigenvalue weighted by atomic mass is 9.51. The topological polar surface area (TPSA) is 54.1 Å². The first kappa shape index (κ1) is 13.6. The van der Waals surface area contributed by atoms with Gasteiger partial charge < -0.3 is 15.0 Å². The molecule has 23 heavy (non-hydrogen) atoms. The average Bonchev–Trinajstić information content (AvgIpc) is 3.05. The summed E-state index contributed by atoms with van der Waals surface area (Å²) in [6.45, 7) is 4.21. The molecule has 6 rings (SSSR count). The van der Waals surface area contributed by atoms with Gasteiger partial charge in [-0.25, -0.2) is 0 Å². The molecule has 1 aromatic carbocycles. The zero-order valence-electron chi connectivity index (χ0n) is 13.7. The molecule has 1 aromatic heterocycles. The Kier molecular flexibility index (Phi) is 2.36. The van der Waals surface area contributed by atoms with Gasteiger partial charge in [-0.05, 0) is 75.1 Å². The monoisotopic (exact) mass is 310 g/mol. The number of H-pyrrole nitrogens is 1. The van der Waals surface area contributed by atoms with Crippen molar-refractivity contribution in [2.45, 2.75) is 57.2 Å². The molecule has 4 heteroatoms. The van der Waals surface area contributed by atoms with Gasteiger partial charge in [-0.1, -0.05) is 0 Å². The quantitative estimate of drug-likeness (QED) is 0.883. The van der Waals surface area contributed by atoms with E-state index in [1.807, 2.05) is 12.3 Å². The van der Waals surface area contributed by atoms with Gasteiger partial charge in [0.15, 0.2) is 0 Å². The van der Waals surface area contributed by atoms with Crippen molar-refractivity contribution in [3.8, 4) is 0 Å². The van der Waals surface area contributed by atoms with E-state index >= 15 is 0 Å². The summed E-state index contributed by atoms with van der Waals surface area (Å²) in [5.74, 6) is 0.154. The maximum absolute atomic E-state index is 13.2. The number of hydrogen-bond acceptors (Lipinski definition) is 2. The summed E-state index contributed by atoms with van der Waals surface area (Å²) in [7, 11) is 0. The smallest absolute Gasteiger partial charge is 0.233 e. The number of carbonyl (C=O) groups excluding carboxylic acids is 1. The first-order valence-electron chi connectivity index (χ1n) is 8.55. The Morgan fingerprint density at radius 2 is 2.09 bits per heavy atom. The van der Waals surface area contributed by atoms with Crippen LogP contribution in [0.3, 0.4) is 0 Å². The van der Waals surface area contributed by atoms with Crippen molar-refractivity contribution in [1.29, 1.82) is 0 Å². The Morgan fingerprint density at radius 3 is 2.78 bits per heavy atom. The minimum absolute atomic E-state index is 0.0732. The molecular formula is C19H22N2O2. The van der Waals surface area contributed by atoms with E-state index in [1.165, 1.54) is 11.8 Å². The molecule has 2 N–H and O–H groups in total. The fraction of sp³-hybridized carbons (Fsp3) is 0.526. The van der Waals surface area contributed by atoms with Crippen LogP contribution in [0.25, 0.3) is 10.9 Å². The predicted molar refractivity (Wildman–Crippen MR) is 89.4 cm³/mol. The number of nitrogens with one attached hydrogen (secondary N) is 2. The number of anilines is 1. The fourth-order valence-electron chi connectivity index (χ4n) is 5.23. The number of amides is 1. The zero-order valence-corrected chi connectivity index (χ0v) is 13.7. The van der Waals surface area contributed by atoms with Crippen molar-refractivity contribution in [2.75, 3.05) is 5.32 Å². The standard InChI is InChI=1S/C19H22N2O2/c1-12-8-13-4-7-20-15(13)9-14(12)21-16(22)18-10-17(2,11-18)23-19(18)5-3-6-19/h4,7-9,20H,3,5-6,10-11H2,1-2H3,(H,21,22). The number of rotatable bonds is 2. The lowest BCUT2D eigenvalue weighted by Crippen LogP contribution is -2.58. The van der Waals surface area contributed by atoms with Gasteiger partial charge in [0.1, 0.15) is 0 Å². The molecule has 2 saturated heterocycles. The molecule has 1 spiro atoms. The van der Waals surface area contributed by atoms with Crippen LogP contribution >= 0.6 is 0 Å². The lowest BCUT2D eigenvalue weighted by Gasteiger charge is -2.49. The van der Waals surface area contributed by atoms with Gasteiger partial charge in [0.05, 0.1) is 16.6 Å². The molecule has 4 fully saturated rings. The molecule has 2 bridgehead atoms. The third-order valence-corrected chi connectivity index (χ3v) is 6.41. The van der Waals surface area contributed by atoms with Crippen LogP contribution in [-0.2, 0) is 9.53 Å². The molecule has 120 valence electrons. The van der Waals surface area contributed by atoms with E-state index in [2.05, 4.69) is 36.3 Å². The summed E-state index contributed by atoms with van der Waals surface area (Å²) in [6.07, 6.45) is 6.92. The number of hydrogen-bond donors (Lipinski definition) is 2. The van der Waals surface area contributed by atoms with Crippen molar-refractivity contribution >= 4 is 22.5 Å². The normalized spacial score (nSPS) is 33.5. The Hall–Kier alpha value is -1.81. The third-order valence-electron chi connectivity index (χ3n) is 6.41. The van der Waals surface area contributed by atoms with E-state index < -0.39 is 0 Å². The van der Waals surface area contributed by atoms with Crippen molar-refractivity contribution in [1.82, 2.24) is 4.98 Å². The van der Waals surface area contributed by atoms with E-state index in [1.54, 1.807) is 0 Å². The summed E-state index contributed by atoms with van der Waals surface area (Å²) < 4.78 is 6.33. The summed E-state index contributed by atoms with van der Waals surface area (Å²) in [4.78, 5) is 16.4. The first-order chi connectivity index (χ1) is 11.0. The average molecular weight is 310 g/mol. The fourth-order valence-corrected chi connectivity index (χ4v) is 5.23. The number of ether oxygens (including phenoxy) is 1. The molecule has 0 unspecified atom stereocenters. The molecule has 1 amide bonds. The van der Waals surface area contributed by atoms with Crippen LogP contribution in [0.1, 0.15) is 44.6 Å². The number of carbonyl (C=O) groups is 1. The highest BCUT2D eigenvalue weighted by atomic mass is 16.5.